The molecule has 0 saturated heterocycles. The van der Waals surface area contributed by atoms with Crippen LogP contribution in [-0.2, 0) is 171 Å². The van der Waals surface area contributed by atoms with Crippen molar-refractivity contribution in [2.75, 3.05) is 330 Å². The van der Waals surface area contributed by atoms with E-state index >= 15 is 0 Å². The van der Waals surface area contributed by atoms with Gasteiger partial charge in [0.2, 0.25) is 0 Å². The quantitative estimate of drug-likeness (QED) is 0.0313. The van der Waals surface area contributed by atoms with Crippen LogP contribution >= 0.6 is 0 Å². The van der Waals surface area contributed by atoms with Gasteiger partial charge in [-0.3, -0.25) is 38.4 Å². The van der Waals surface area contributed by atoms with Crippen molar-refractivity contribution in [1.29, 1.82) is 0 Å². The van der Waals surface area contributed by atoms with Crippen LogP contribution in [0.2, 0.25) is 0 Å². The first kappa shape index (κ1) is 113. The fourth-order valence-corrected chi connectivity index (χ4v) is 9.87. The number of ether oxygens (including phenoxy) is 28. The smallest absolute Gasteiger partial charge is 0.320 e. The molecule has 0 aromatic rings. The molecule has 0 aliphatic carbocycles. The lowest BCUT2D eigenvalue weighted by molar-refractivity contribution is -0.167. The van der Waals surface area contributed by atoms with Crippen LogP contribution in [-0.4, -0.2) is 378 Å². The highest BCUT2D eigenvalue weighted by molar-refractivity contribution is 6.02. The molecular formula is C82H150O36. The molecule has 0 spiro atoms. The minimum atomic E-state index is -1.12. The molecule has 0 rings (SSSR count). The van der Waals surface area contributed by atoms with Gasteiger partial charge in [-0.25, -0.2) is 0 Å². The molecule has 0 N–H and O–H groups in total. The summed E-state index contributed by atoms with van der Waals surface area (Å²) in [5.41, 5.74) is -1.40. The molecule has 4 unspecified atom stereocenters. The van der Waals surface area contributed by atoms with E-state index in [-0.39, 0.29) is 90.5 Å². The van der Waals surface area contributed by atoms with Crippen LogP contribution in [0.4, 0.5) is 0 Å². The highest BCUT2D eigenvalue weighted by Gasteiger charge is 2.37. The van der Waals surface area contributed by atoms with E-state index in [9.17, 15) is 38.4 Å². The largest absolute Gasteiger partial charge is 0.463 e. The van der Waals surface area contributed by atoms with Crippen molar-refractivity contribution >= 4 is 47.4 Å². The topological polar surface area (TPSA) is 395 Å². The zero-order chi connectivity index (χ0) is 86.7. The summed E-state index contributed by atoms with van der Waals surface area (Å²) in [6, 6.07) is 0. The molecule has 36 nitrogen and oxygen atoms in total. The Labute approximate surface area is 701 Å². The number of esters is 6. The Bertz CT molecular complexity index is 2200. The first-order chi connectivity index (χ1) is 57.3. The van der Waals surface area contributed by atoms with Crippen molar-refractivity contribution in [3.63, 3.8) is 0 Å². The predicted octanol–water partition coefficient (Wildman–Crippen LogP) is 5.51. The van der Waals surface area contributed by atoms with E-state index in [1.807, 2.05) is 27.7 Å². The van der Waals surface area contributed by atoms with Crippen molar-refractivity contribution in [2.45, 2.75) is 121 Å². The maximum absolute atomic E-state index is 12.7. The highest BCUT2D eigenvalue weighted by Crippen LogP contribution is 2.26. The second-order valence-corrected chi connectivity index (χ2v) is 28.1. The highest BCUT2D eigenvalue weighted by atomic mass is 16.6. The molecule has 4 atom stereocenters. The summed E-state index contributed by atoms with van der Waals surface area (Å²) in [5.74, 6) is -8.69. The molecule has 0 aromatic carbocycles. The van der Waals surface area contributed by atoms with Gasteiger partial charge >= 0.3 is 35.8 Å². The van der Waals surface area contributed by atoms with Gasteiger partial charge < -0.3 is 133 Å². The number of carbonyl (C=O) groups excluding carboxylic acids is 8. The monoisotopic (exact) mass is 1710 g/mol. The van der Waals surface area contributed by atoms with Crippen LogP contribution in [0.1, 0.15) is 121 Å². The Morgan fingerprint density at radius 3 is 0.364 bits per heavy atom. The zero-order valence-corrected chi connectivity index (χ0v) is 73.0. The van der Waals surface area contributed by atoms with Gasteiger partial charge in [-0.2, -0.15) is 0 Å². The molecule has 0 amide bonds. The zero-order valence-electron chi connectivity index (χ0n) is 73.0. The van der Waals surface area contributed by atoms with Gasteiger partial charge in [0.1, 0.15) is 51.5 Å². The van der Waals surface area contributed by atoms with Crippen LogP contribution in [0.15, 0.2) is 0 Å². The van der Waals surface area contributed by atoms with Gasteiger partial charge in [-0.1, -0.05) is 94.9 Å². The molecule has 694 valence electrons. The summed E-state index contributed by atoms with van der Waals surface area (Å²) in [6.45, 7) is 34.9. The fourth-order valence-electron chi connectivity index (χ4n) is 9.87. The first-order valence-corrected chi connectivity index (χ1v) is 42.1. The van der Waals surface area contributed by atoms with Gasteiger partial charge in [-0.05, 0) is 25.7 Å². The third-order valence-corrected chi connectivity index (χ3v) is 16.0. The van der Waals surface area contributed by atoms with Gasteiger partial charge in [0.05, 0.1) is 291 Å². The molecule has 0 fully saturated rings. The molecule has 0 radical (unpaired) electrons. The molecule has 0 aliphatic heterocycles. The lowest BCUT2D eigenvalue weighted by Crippen LogP contribution is -2.35. The maximum atomic E-state index is 12.7. The third kappa shape index (κ3) is 70.8. The van der Waals surface area contributed by atoms with Crippen molar-refractivity contribution in [3.05, 3.63) is 0 Å². The van der Waals surface area contributed by atoms with Gasteiger partial charge in [-0.15, -0.1) is 0 Å². The Morgan fingerprint density at radius 2 is 0.254 bits per heavy atom. The lowest BCUT2D eigenvalue weighted by Gasteiger charge is -2.23. The van der Waals surface area contributed by atoms with Crippen LogP contribution in [0.5, 0.6) is 0 Å². The van der Waals surface area contributed by atoms with E-state index in [0.717, 1.165) is 0 Å². The van der Waals surface area contributed by atoms with Crippen molar-refractivity contribution in [3.8, 4) is 0 Å². The molecule has 36 heteroatoms. The Hall–Kier alpha value is -4.72. The molecule has 118 heavy (non-hydrogen) atoms. The van der Waals surface area contributed by atoms with E-state index in [1.54, 1.807) is 41.5 Å². The minimum Gasteiger partial charge on any atom is -0.463 e. The van der Waals surface area contributed by atoms with Crippen molar-refractivity contribution < 1.29 is 171 Å². The average Bonchev–Trinajstić information content (AvgIpc) is 0.857. The Balaban J connectivity index is 3.38. The summed E-state index contributed by atoms with van der Waals surface area (Å²) in [6.07, 6.45) is 3.54. The molecule has 0 saturated carbocycles. The van der Waals surface area contributed by atoms with Crippen LogP contribution < -0.4 is 0 Å². The molecule has 0 aliphatic rings. The van der Waals surface area contributed by atoms with E-state index in [1.165, 1.54) is 0 Å². The first-order valence-electron chi connectivity index (χ1n) is 42.1. The number of Topliss-reactive ketones (excluding diaryl/α,β-unsaturated/α-hetero) is 2. The summed E-state index contributed by atoms with van der Waals surface area (Å²) < 4.78 is 153. The van der Waals surface area contributed by atoms with Crippen LogP contribution in [0, 0.1) is 34.5 Å². The molecular weight excluding hydrogens is 1560 g/mol. The van der Waals surface area contributed by atoms with Crippen LogP contribution in [0.3, 0.4) is 0 Å². The Kier molecular flexibility index (Phi) is 79.9. The fraction of sp³-hybridized carbons (Fsp3) is 0.902. The van der Waals surface area contributed by atoms with E-state index < -0.39 is 70.3 Å². The van der Waals surface area contributed by atoms with Crippen molar-refractivity contribution in [2.24, 2.45) is 34.5 Å². The standard InChI is InChI=1S/C82H150O36/c1-11-15-69(73(83)81(5,6)7)75(85)115-65-67-117-79(89)71(17-13-3)77(87)113-63-61-111-59-57-109-55-53-107-51-49-105-47-45-103-43-41-101-39-37-99-35-33-97-31-29-95-27-25-93-23-21-91-19-20-92-22-24-94-26-28-96-30-32-98-34-36-100-38-40-102-42-44-104-46-48-106-50-52-108-54-56-110-58-60-112-62-64-114-78(88)72(18-14-4)80(90)118-68-66-116-76(86)70(16-12-2)74(84)82(8,9)10/h69-72H,11-68H2,1-10H3. The second kappa shape index (κ2) is 83.2. The van der Waals surface area contributed by atoms with E-state index in [0.29, 0.717) is 303 Å². The molecule has 0 bridgehead atoms. The maximum Gasteiger partial charge on any atom is 0.320 e. The van der Waals surface area contributed by atoms with Crippen molar-refractivity contribution in [1.82, 2.24) is 0 Å². The Morgan fingerprint density at radius 1 is 0.161 bits per heavy atom. The van der Waals surface area contributed by atoms with Gasteiger partial charge in [0.25, 0.3) is 0 Å². The summed E-state index contributed by atoms with van der Waals surface area (Å²) in [5, 5.41) is 0. The number of hydrogen-bond acceptors (Lipinski definition) is 36. The summed E-state index contributed by atoms with van der Waals surface area (Å²) >= 11 is 0. The number of rotatable bonds is 91. The third-order valence-electron chi connectivity index (χ3n) is 16.0. The SMILES string of the molecule is CCCC(C(=O)OCCOCCOCCOCCOCCOCCOCCOCCOCCOCCOCCOCCOCCOCCOCCOCCOCCOCCOCCOCCOCCOCCOCCOC(=O)C(CCC)C(=O)OCCOC(=O)C(CCC)C(=O)C(C)(C)C)C(=O)OCCOC(=O)C(CCC)C(=O)C(C)(C)C. The van der Waals surface area contributed by atoms with E-state index in [4.69, 9.17) is 133 Å². The minimum absolute atomic E-state index is 0.0510. The van der Waals surface area contributed by atoms with Gasteiger partial charge in [0, 0.05) is 10.8 Å². The normalized spacial score (nSPS) is 12.8. The van der Waals surface area contributed by atoms with Gasteiger partial charge in [0.15, 0.2) is 23.4 Å². The lowest BCUT2D eigenvalue weighted by atomic mass is 9.81. The summed E-state index contributed by atoms with van der Waals surface area (Å²) in [4.78, 5) is 101. The number of carbonyl (C=O) groups is 8. The number of ketones is 2. The summed E-state index contributed by atoms with van der Waals surface area (Å²) in [7, 11) is 0. The number of hydrogen-bond donors (Lipinski definition) is 0. The van der Waals surface area contributed by atoms with E-state index in [2.05, 4.69) is 0 Å². The molecule has 0 heterocycles. The average molecular weight is 1710 g/mol. The predicted molar refractivity (Wildman–Crippen MR) is 426 cm³/mol. The van der Waals surface area contributed by atoms with Crippen LogP contribution in [0.25, 0.3) is 0 Å². The molecule has 0 aromatic heterocycles. The second-order valence-electron chi connectivity index (χ2n) is 28.1.